The van der Waals surface area contributed by atoms with E-state index in [0.717, 1.165) is 24.3 Å². The second-order valence-electron chi connectivity index (χ2n) is 8.21. The molecule has 1 amide bonds. The molecule has 162 valence electrons. The summed E-state index contributed by atoms with van der Waals surface area (Å²) in [4.78, 5) is 18.5. The summed E-state index contributed by atoms with van der Waals surface area (Å²) >= 11 is 0. The lowest BCUT2D eigenvalue weighted by molar-refractivity contribution is -0.135. The second kappa shape index (κ2) is 8.39. The highest BCUT2D eigenvalue weighted by molar-refractivity contribution is 7.88. The monoisotopic (exact) mass is 432 g/mol. The topological polar surface area (TPSA) is 84.7 Å². The van der Waals surface area contributed by atoms with Crippen LogP contribution in [0.5, 0.6) is 5.75 Å². The first-order valence-electron chi connectivity index (χ1n) is 10.3. The highest BCUT2D eigenvalue weighted by atomic mass is 32.2. The van der Waals surface area contributed by atoms with Gasteiger partial charge >= 0.3 is 0 Å². The number of para-hydroxylation sites is 1. The first-order valence-corrected chi connectivity index (χ1v) is 12.2. The molecule has 1 fully saturated rings. The number of carbonyl (C=O) groups is 1. The molecule has 3 heterocycles. The van der Waals surface area contributed by atoms with Gasteiger partial charge in [0.05, 0.1) is 19.1 Å². The summed E-state index contributed by atoms with van der Waals surface area (Å²) in [5.41, 5.74) is 0.265. The van der Waals surface area contributed by atoms with Crippen LogP contribution in [0.2, 0.25) is 0 Å². The van der Waals surface area contributed by atoms with Gasteiger partial charge in [-0.05, 0) is 12.5 Å². The van der Waals surface area contributed by atoms with Crippen LogP contribution in [0, 0.1) is 0 Å². The molecular weight excluding hydrogens is 404 g/mol. The maximum absolute atomic E-state index is 12.6. The maximum atomic E-state index is 12.6. The molecule has 0 radical (unpaired) electrons. The summed E-state index contributed by atoms with van der Waals surface area (Å²) in [6, 6.07) is 7.61. The van der Waals surface area contributed by atoms with E-state index in [2.05, 4.69) is 4.98 Å². The zero-order valence-electron chi connectivity index (χ0n) is 17.2. The van der Waals surface area contributed by atoms with E-state index in [1.807, 2.05) is 39.9 Å². The standard InChI is InChI=1S/C21H28N4O4S/c1-30(27,28)25-15-18-5-2-3-6-19(18)29-21(16-25)8-12-24(13-9-21)20(26)7-4-11-23-14-10-22-17-23/h2-3,5-6,10,14,17H,4,7-9,11-13,15-16H2,1H3. The van der Waals surface area contributed by atoms with Gasteiger partial charge in [-0.1, -0.05) is 18.2 Å². The van der Waals surface area contributed by atoms with Crippen LogP contribution in [0.1, 0.15) is 31.2 Å². The average Bonchev–Trinajstić information content (AvgIpc) is 3.16. The molecule has 0 bridgehead atoms. The van der Waals surface area contributed by atoms with E-state index >= 15 is 0 Å². The SMILES string of the molecule is CS(=O)(=O)N1Cc2ccccc2OC2(CCN(C(=O)CCCn3ccnc3)CC2)C1. The highest BCUT2D eigenvalue weighted by Gasteiger charge is 2.43. The summed E-state index contributed by atoms with van der Waals surface area (Å²) in [6.07, 6.45) is 9.10. The quantitative estimate of drug-likeness (QED) is 0.720. The lowest BCUT2D eigenvalue weighted by atomic mass is 9.90. The Morgan fingerprint density at radius 3 is 2.70 bits per heavy atom. The van der Waals surface area contributed by atoms with Gasteiger partial charge in [0.1, 0.15) is 11.4 Å². The van der Waals surface area contributed by atoms with Crippen molar-refractivity contribution in [3.05, 3.63) is 48.5 Å². The number of hydrogen-bond donors (Lipinski definition) is 0. The summed E-state index contributed by atoms with van der Waals surface area (Å²) in [5, 5.41) is 0. The first kappa shape index (κ1) is 20.9. The van der Waals surface area contributed by atoms with Crippen LogP contribution in [0.15, 0.2) is 43.0 Å². The molecular formula is C21H28N4O4S. The molecule has 0 saturated carbocycles. The fourth-order valence-electron chi connectivity index (χ4n) is 4.22. The van der Waals surface area contributed by atoms with Crippen molar-refractivity contribution >= 4 is 15.9 Å². The number of ether oxygens (including phenoxy) is 1. The zero-order chi connectivity index (χ0) is 21.2. The van der Waals surface area contributed by atoms with E-state index in [-0.39, 0.29) is 5.91 Å². The molecule has 4 rings (SSSR count). The van der Waals surface area contributed by atoms with Crippen LogP contribution in [0.4, 0.5) is 0 Å². The van der Waals surface area contributed by atoms with Crippen LogP contribution >= 0.6 is 0 Å². The summed E-state index contributed by atoms with van der Waals surface area (Å²) in [7, 11) is -3.37. The largest absolute Gasteiger partial charge is 0.485 e. The second-order valence-corrected chi connectivity index (χ2v) is 10.2. The van der Waals surface area contributed by atoms with Crippen molar-refractivity contribution in [1.29, 1.82) is 0 Å². The van der Waals surface area contributed by atoms with Gasteiger partial charge in [0.15, 0.2) is 0 Å². The minimum Gasteiger partial charge on any atom is -0.485 e. The lowest BCUT2D eigenvalue weighted by Gasteiger charge is -2.42. The number of fused-ring (bicyclic) bond motifs is 1. The van der Waals surface area contributed by atoms with Gasteiger partial charge in [-0.2, -0.15) is 4.31 Å². The van der Waals surface area contributed by atoms with Crippen molar-refractivity contribution in [1.82, 2.24) is 18.8 Å². The van der Waals surface area contributed by atoms with E-state index in [4.69, 9.17) is 4.74 Å². The Hall–Kier alpha value is -2.39. The molecule has 0 N–H and O–H groups in total. The van der Waals surface area contributed by atoms with Gasteiger partial charge in [0, 0.05) is 63.4 Å². The molecule has 0 atom stereocenters. The normalized spacial score (nSPS) is 19.2. The van der Waals surface area contributed by atoms with Crippen LogP contribution in [0.3, 0.4) is 0 Å². The Kier molecular flexibility index (Phi) is 5.84. The van der Waals surface area contributed by atoms with Crippen molar-refractivity contribution in [2.45, 2.75) is 44.4 Å². The fourth-order valence-corrected chi connectivity index (χ4v) is 5.06. The van der Waals surface area contributed by atoms with E-state index in [0.29, 0.717) is 45.4 Å². The van der Waals surface area contributed by atoms with Crippen LogP contribution in [0.25, 0.3) is 0 Å². The number of piperidine rings is 1. The van der Waals surface area contributed by atoms with E-state index in [1.165, 1.54) is 10.6 Å². The number of imidazole rings is 1. The summed E-state index contributed by atoms with van der Waals surface area (Å²) in [6.45, 7) is 2.54. The third-order valence-electron chi connectivity index (χ3n) is 5.97. The molecule has 30 heavy (non-hydrogen) atoms. The predicted octanol–water partition coefficient (Wildman–Crippen LogP) is 1.88. The lowest BCUT2D eigenvalue weighted by Crippen LogP contribution is -2.55. The third kappa shape index (κ3) is 4.67. The molecule has 2 aliphatic rings. The number of rotatable bonds is 5. The smallest absolute Gasteiger partial charge is 0.222 e. The van der Waals surface area contributed by atoms with Crippen molar-refractivity contribution in [3.63, 3.8) is 0 Å². The van der Waals surface area contributed by atoms with E-state index < -0.39 is 15.6 Å². The molecule has 2 aliphatic heterocycles. The minimum absolute atomic E-state index is 0.138. The van der Waals surface area contributed by atoms with Gasteiger partial charge < -0.3 is 14.2 Å². The number of aromatic nitrogens is 2. The summed E-state index contributed by atoms with van der Waals surface area (Å²) < 4.78 is 34.6. The van der Waals surface area contributed by atoms with Crippen molar-refractivity contribution in [2.24, 2.45) is 0 Å². The predicted molar refractivity (Wildman–Crippen MR) is 112 cm³/mol. The Bertz CT molecular complexity index is 982. The Morgan fingerprint density at radius 2 is 2.00 bits per heavy atom. The van der Waals surface area contributed by atoms with Crippen LogP contribution < -0.4 is 4.74 Å². The highest BCUT2D eigenvalue weighted by Crippen LogP contribution is 2.36. The third-order valence-corrected chi connectivity index (χ3v) is 7.17. The number of hydrogen-bond acceptors (Lipinski definition) is 5. The Labute approximate surface area is 177 Å². The van der Waals surface area contributed by atoms with E-state index in [9.17, 15) is 13.2 Å². The molecule has 1 aromatic heterocycles. The minimum atomic E-state index is -3.37. The first-order chi connectivity index (χ1) is 14.3. The van der Waals surface area contributed by atoms with Crippen molar-refractivity contribution in [2.75, 3.05) is 25.9 Å². The number of nitrogens with zero attached hydrogens (tertiary/aromatic N) is 4. The van der Waals surface area contributed by atoms with Gasteiger partial charge in [-0.15, -0.1) is 0 Å². The van der Waals surface area contributed by atoms with Crippen molar-refractivity contribution < 1.29 is 17.9 Å². The Morgan fingerprint density at radius 1 is 1.23 bits per heavy atom. The van der Waals surface area contributed by atoms with Gasteiger partial charge in [-0.3, -0.25) is 4.79 Å². The molecule has 1 saturated heterocycles. The van der Waals surface area contributed by atoms with Crippen molar-refractivity contribution in [3.8, 4) is 5.75 Å². The summed E-state index contributed by atoms with van der Waals surface area (Å²) in [5.74, 6) is 0.878. The molecule has 1 spiro atoms. The van der Waals surface area contributed by atoms with Crippen LogP contribution in [-0.2, 0) is 27.9 Å². The van der Waals surface area contributed by atoms with Gasteiger partial charge in [0.2, 0.25) is 15.9 Å². The Balaban J connectivity index is 1.41. The van der Waals surface area contributed by atoms with Gasteiger partial charge in [0.25, 0.3) is 0 Å². The maximum Gasteiger partial charge on any atom is 0.222 e. The number of likely N-dealkylation sites (tertiary alicyclic amines) is 1. The molecule has 8 nitrogen and oxygen atoms in total. The van der Waals surface area contributed by atoms with Crippen LogP contribution in [-0.4, -0.2) is 64.6 Å². The average molecular weight is 433 g/mol. The molecule has 1 aromatic carbocycles. The zero-order valence-corrected chi connectivity index (χ0v) is 18.1. The molecule has 9 heteroatoms. The van der Waals surface area contributed by atoms with Gasteiger partial charge in [-0.25, -0.2) is 13.4 Å². The molecule has 2 aromatic rings. The number of amides is 1. The number of carbonyl (C=O) groups excluding carboxylic acids is 1. The molecule has 0 unspecified atom stereocenters. The number of benzene rings is 1. The number of sulfonamides is 1. The van der Waals surface area contributed by atoms with E-state index in [1.54, 1.807) is 12.5 Å². The number of aryl methyl sites for hydroxylation is 1. The fraction of sp³-hybridized carbons (Fsp3) is 0.524. The molecule has 0 aliphatic carbocycles.